The molecule has 126 valence electrons. The topological polar surface area (TPSA) is 92.8 Å². The zero-order valence-electron chi connectivity index (χ0n) is 13.5. The second-order valence-electron chi connectivity index (χ2n) is 5.97. The van der Waals surface area contributed by atoms with Gasteiger partial charge in [0.25, 0.3) is 5.91 Å². The van der Waals surface area contributed by atoms with Crippen molar-refractivity contribution in [2.45, 2.75) is 12.8 Å². The van der Waals surface area contributed by atoms with Crippen LogP contribution >= 0.6 is 0 Å². The number of anilines is 1. The lowest BCUT2D eigenvalue weighted by atomic mass is 10.2. The maximum Gasteiger partial charge on any atom is 0.258 e. The summed E-state index contributed by atoms with van der Waals surface area (Å²) in [5, 5.41) is 10.6. The van der Waals surface area contributed by atoms with Gasteiger partial charge in [-0.05, 0) is 55.2 Å². The van der Waals surface area contributed by atoms with Gasteiger partial charge in [-0.3, -0.25) is 15.1 Å². The third-order valence-corrected chi connectivity index (χ3v) is 3.93. The Labute approximate surface area is 144 Å². The molecule has 0 spiro atoms. The molecule has 4 rings (SSSR count). The summed E-state index contributed by atoms with van der Waals surface area (Å²) < 4.78 is 5.67. The smallest absolute Gasteiger partial charge is 0.258 e. The molecule has 1 aliphatic rings. The van der Waals surface area contributed by atoms with Gasteiger partial charge >= 0.3 is 0 Å². The Balaban J connectivity index is 1.39. The number of pyridine rings is 1. The van der Waals surface area contributed by atoms with E-state index in [0.29, 0.717) is 23.0 Å². The third kappa shape index (κ3) is 3.82. The summed E-state index contributed by atoms with van der Waals surface area (Å²) in [6, 6.07) is 12.6. The molecule has 1 saturated carbocycles. The van der Waals surface area contributed by atoms with E-state index in [1.807, 2.05) is 18.2 Å². The van der Waals surface area contributed by atoms with Gasteiger partial charge in [0, 0.05) is 11.8 Å². The van der Waals surface area contributed by atoms with Crippen molar-refractivity contribution in [2.75, 3.05) is 11.9 Å². The van der Waals surface area contributed by atoms with Crippen molar-refractivity contribution in [1.82, 2.24) is 20.2 Å². The van der Waals surface area contributed by atoms with Gasteiger partial charge in [0.15, 0.2) is 5.82 Å². The molecular weight excluding hydrogens is 318 g/mol. The Hall–Kier alpha value is -3.22. The number of hydrogen-bond donors (Lipinski definition) is 2. The molecule has 0 aliphatic heterocycles. The van der Waals surface area contributed by atoms with Crippen LogP contribution in [0.3, 0.4) is 0 Å². The standard InChI is InChI=1S/C18H17N5O2/c24-17(13-6-8-14(9-7-13)25-11-12-4-5-12)21-18-20-16(22-23-18)15-3-1-2-10-19-15/h1-3,6-10,12H,4-5,11H2,(H2,20,21,22,23,24). The Morgan fingerprint density at radius 3 is 2.72 bits per heavy atom. The van der Waals surface area contributed by atoms with E-state index in [4.69, 9.17) is 4.74 Å². The van der Waals surface area contributed by atoms with Crippen LogP contribution in [0.25, 0.3) is 11.5 Å². The second-order valence-corrected chi connectivity index (χ2v) is 5.97. The first-order valence-electron chi connectivity index (χ1n) is 8.16. The summed E-state index contributed by atoms with van der Waals surface area (Å²) in [6.07, 6.45) is 4.17. The van der Waals surface area contributed by atoms with Gasteiger partial charge in [-0.1, -0.05) is 6.07 Å². The molecule has 1 fully saturated rings. The van der Waals surface area contributed by atoms with E-state index in [9.17, 15) is 4.79 Å². The van der Waals surface area contributed by atoms with Crippen molar-refractivity contribution < 1.29 is 9.53 Å². The van der Waals surface area contributed by atoms with E-state index >= 15 is 0 Å². The first-order valence-corrected chi connectivity index (χ1v) is 8.16. The van der Waals surface area contributed by atoms with Crippen LogP contribution in [0.1, 0.15) is 23.2 Å². The number of benzene rings is 1. The van der Waals surface area contributed by atoms with Crippen molar-refractivity contribution in [3.63, 3.8) is 0 Å². The fraction of sp³-hybridized carbons (Fsp3) is 0.222. The van der Waals surface area contributed by atoms with Crippen LogP contribution in [0, 0.1) is 5.92 Å². The normalized spacial score (nSPS) is 13.4. The highest BCUT2D eigenvalue weighted by Gasteiger charge is 2.21. The second kappa shape index (κ2) is 6.72. The number of rotatable bonds is 6. The van der Waals surface area contributed by atoms with Gasteiger partial charge in [0.1, 0.15) is 11.4 Å². The molecule has 0 bridgehead atoms. The van der Waals surface area contributed by atoms with Crippen LogP contribution < -0.4 is 10.1 Å². The molecule has 0 radical (unpaired) electrons. The highest BCUT2D eigenvalue weighted by Crippen LogP contribution is 2.29. The molecule has 3 aromatic rings. The number of aromatic amines is 1. The van der Waals surface area contributed by atoms with Crippen molar-refractivity contribution in [1.29, 1.82) is 0 Å². The van der Waals surface area contributed by atoms with Gasteiger partial charge in [-0.25, -0.2) is 0 Å². The Morgan fingerprint density at radius 1 is 1.16 bits per heavy atom. The van der Waals surface area contributed by atoms with Gasteiger partial charge in [0.2, 0.25) is 5.95 Å². The van der Waals surface area contributed by atoms with Crippen molar-refractivity contribution in [3.05, 3.63) is 54.2 Å². The van der Waals surface area contributed by atoms with Crippen molar-refractivity contribution in [2.24, 2.45) is 5.92 Å². The first-order chi connectivity index (χ1) is 12.3. The highest BCUT2D eigenvalue weighted by molar-refractivity contribution is 6.03. The molecule has 1 aliphatic carbocycles. The van der Waals surface area contributed by atoms with E-state index < -0.39 is 0 Å². The molecule has 7 heteroatoms. The number of nitrogens with zero attached hydrogens (tertiary/aromatic N) is 3. The fourth-order valence-corrected chi connectivity index (χ4v) is 2.32. The predicted octanol–water partition coefficient (Wildman–Crippen LogP) is 2.91. The SMILES string of the molecule is O=C(Nc1nnc(-c2ccccn2)[nH]1)c1ccc(OCC2CC2)cc1. The zero-order chi connectivity index (χ0) is 17.1. The number of hydrogen-bond acceptors (Lipinski definition) is 5. The number of amides is 1. The molecule has 0 unspecified atom stereocenters. The number of carbonyl (C=O) groups is 1. The van der Waals surface area contributed by atoms with Gasteiger partial charge in [-0.2, -0.15) is 0 Å². The number of aromatic nitrogens is 4. The molecule has 7 nitrogen and oxygen atoms in total. The molecule has 2 heterocycles. The fourth-order valence-electron chi connectivity index (χ4n) is 2.32. The summed E-state index contributed by atoms with van der Waals surface area (Å²) in [6.45, 7) is 0.750. The molecule has 0 atom stereocenters. The maximum absolute atomic E-state index is 12.3. The summed E-state index contributed by atoms with van der Waals surface area (Å²) in [5.41, 5.74) is 1.18. The van der Waals surface area contributed by atoms with E-state index in [0.717, 1.165) is 12.4 Å². The lowest BCUT2D eigenvalue weighted by Gasteiger charge is -2.06. The van der Waals surface area contributed by atoms with Crippen molar-refractivity contribution >= 4 is 11.9 Å². The van der Waals surface area contributed by atoms with Crippen molar-refractivity contribution in [3.8, 4) is 17.3 Å². The monoisotopic (exact) mass is 335 g/mol. The number of ether oxygens (including phenoxy) is 1. The molecule has 2 aromatic heterocycles. The quantitative estimate of drug-likeness (QED) is 0.722. The van der Waals surface area contributed by atoms with Crippen LogP contribution in [-0.2, 0) is 0 Å². The van der Waals surface area contributed by atoms with Crippen LogP contribution in [0.4, 0.5) is 5.95 Å². The van der Waals surface area contributed by atoms with Crippen LogP contribution in [-0.4, -0.2) is 32.7 Å². The minimum absolute atomic E-state index is 0.266. The van der Waals surface area contributed by atoms with Gasteiger partial charge in [0.05, 0.1) is 6.61 Å². The average Bonchev–Trinajstić information content (AvgIpc) is 3.38. The zero-order valence-corrected chi connectivity index (χ0v) is 13.5. The Kier molecular flexibility index (Phi) is 4.12. The summed E-state index contributed by atoms with van der Waals surface area (Å²) in [5.74, 6) is 1.99. The first kappa shape index (κ1) is 15.3. The lowest BCUT2D eigenvalue weighted by Crippen LogP contribution is -2.13. The molecule has 1 amide bonds. The number of carbonyl (C=O) groups excluding carboxylic acids is 1. The Bertz CT molecular complexity index is 857. The average molecular weight is 335 g/mol. The highest BCUT2D eigenvalue weighted by atomic mass is 16.5. The summed E-state index contributed by atoms with van der Waals surface area (Å²) in [4.78, 5) is 19.4. The minimum atomic E-state index is -0.266. The van der Waals surface area contributed by atoms with Crippen LogP contribution in [0.5, 0.6) is 5.75 Å². The predicted molar refractivity (Wildman–Crippen MR) is 92.2 cm³/mol. The lowest BCUT2D eigenvalue weighted by molar-refractivity contribution is 0.102. The summed E-state index contributed by atoms with van der Waals surface area (Å²) >= 11 is 0. The molecule has 2 N–H and O–H groups in total. The molecule has 0 saturated heterocycles. The summed E-state index contributed by atoms with van der Waals surface area (Å²) in [7, 11) is 0. The van der Waals surface area contributed by atoms with Crippen LogP contribution in [0.15, 0.2) is 48.7 Å². The van der Waals surface area contributed by atoms with Gasteiger partial charge in [-0.15, -0.1) is 10.2 Å². The van der Waals surface area contributed by atoms with E-state index in [1.54, 1.807) is 30.5 Å². The minimum Gasteiger partial charge on any atom is -0.493 e. The molecule has 1 aromatic carbocycles. The Morgan fingerprint density at radius 2 is 2.00 bits per heavy atom. The maximum atomic E-state index is 12.3. The van der Waals surface area contributed by atoms with Gasteiger partial charge < -0.3 is 9.72 Å². The third-order valence-electron chi connectivity index (χ3n) is 3.93. The van der Waals surface area contributed by atoms with E-state index in [-0.39, 0.29) is 11.9 Å². The van der Waals surface area contributed by atoms with E-state index in [1.165, 1.54) is 12.8 Å². The molecular formula is C18H17N5O2. The molecule has 25 heavy (non-hydrogen) atoms. The largest absolute Gasteiger partial charge is 0.493 e. The number of nitrogens with one attached hydrogen (secondary N) is 2. The van der Waals surface area contributed by atoms with Crippen LogP contribution in [0.2, 0.25) is 0 Å². The number of H-pyrrole nitrogens is 1. The van der Waals surface area contributed by atoms with E-state index in [2.05, 4.69) is 25.5 Å².